The number of aromatic nitrogens is 2. The first-order valence-corrected chi connectivity index (χ1v) is 17.0. The smallest absolute Gasteiger partial charge is 0.237 e. The third-order valence-corrected chi connectivity index (χ3v) is 9.89. The van der Waals surface area contributed by atoms with Crippen molar-refractivity contribution in [2.45, 2.75) is 0 Å². The minimum Gasteiger partial charge on any atom is -0.311 e. The fourth-order valence-electron chi connectivity index (χ4n) is 7.05. The highest BCUT2D eigenvalue weighted by atomic mass is 127. The van der Waals surface area contributed by atoms with Crippen LogP contribution in [0.4, 0.5) is 17.1 Å². The lowest BCUT2D eigenvalue weighted by atomic mass is 9.96. The summed E-state index contributed by atoms with van der Waals surface area (Å²) in [7, 11) is 0. The Bertz CT molecular complexity index is 2280. The van der Waals surface area contributed by atoms with Gasteiger partial charge in [0.1, 0.15) is 0 Å². The second-order valence-corrected chi connectivity index (χ2v) is 12.4. The summed E-state index contributed by atoms with van der Waals surface area (Å²) in [6.45, 7) is 0. The van der Waals surface area contributed by atoms with Crippen LogP contribution in [0.2, 0.25) is 0 Å². The zero-order valence-electron chi connectivity index (χ0n) is 25.5. The number of nitrogens with zero attached hydrogens (tertiary/aromatic N) is 3. The summed E-state index contributed by atoms with van der Waals surface area (Å²) in [4.78, 5) is 2.34. The zero-order valence-corrected chi connectivity index (χ0v) is 27.6. The van der Waals surface area contributed by atoms with Crippen molar-refractivity contribution in [2.75, 3.05) is 4.90 Å². The highest BCUT2D eigenvalue weighted by molar-refractivity contribution is 14.1. The monoisotopic (exact) mass is 712 g/mol. The number of hydrogen-bond donors (Lipinski definition) is 0. The van der Waals surface area contributed by atoms with Crippen LogP contribution in [0.15, 0.2) is 170 Å². The van der Waals surface area contributed by atoms with Crippen LogP contribution in [0.5, 0.6) is 0 Å². The van der Waals surface area contributed by atoms with E-state index in [1.54, 1.807) is 0 Å². The summed E-state index contributed by atoms with van der Waals surface area (Å²) in [6, 6.07) is 61.3. The fourth-order valence-corrected chi connectivity index (χ4v) is 7.46. The normalized spacial score (nSPS) is 11.5. The topological polar surface area (TPSA) is 13.1 Å². The summed E-state index contributed by atoms with van der Waals surface area (Å²) >= 11 is 2.30. The molecular weight excluding hydrogens is 684 g/mol. The molecule has 2 aromatic heterocycles. The molecule has 0 fully saturated rings. The first kappa shape index (κ1) is 28.0. The van der Waals surface area contributed by atoms with Crippen molar-refractivity contribution in [3.05, 3.63) is 170 Å². The lowest BCUT2D eigenvalue weighted by Crippen LogP contribution is -2.13. The first-order chi connectivity index (χ1) is 23.3. The van der Waals surface area contributed by atoms with Gasteiger partial charge < -0.3 is 14.0 Å². The zero-order chi connectivity index (χ0) is 31.3. The molecule has 0 bridgehead atoms. The highest BCUT2D eigenvalue weighted by Gasteiger charge is 2.17. The van der Waals surface area contributed by atoms with Crippen molar-refractivity contribution in [1.29, 1.82) is 0 Å². The number of rotatable bonds is 6. The maximum absolute atomic E-state index is 2.37. The van der Waals surface area contributed by atoms with Gasteiger partial charge >= 0.3 is 0 Å². The number of anilines is 3. The quantitative estimate of drug-likeness (QED) is 0.124. The Balaban J connectivity index is 1.16. The SMILES string of the molecule is I[B]c1ccc(N(c2ccc(-n3c4ccccc4c4ccccc43)cc2)c2ccc(-n3c4ccccc4c4ccccc43)cc2)cc1. The molecule has 0 aliphatic heterocycles. The maximum atomic E-state index is 2.37. The molecule has 3 nitrogen and oxygen atoms in total. The van der Waals surface area contributed by atoms with Gasteiger partial charge in [0, 0.05) is 50.0 Å². The second kappa shape index (κ2) is 11.5. The summed E-state index contributed by atoms with van der Waals surface area (Å²) < 4.78 is 4.73. The minimum absolute atomic E-state index is 1.10. The molecule has 0 saturated heterocycles. The lowest BCUT2D eigenvalue weighted by Gasteiger charge is -2.26. The van der Waals surface area contributed by atoms with Gasteiger partial charge in [0.05, 0.1) is 22.1 Å². The molecule has 2 heterocycles. The van der Waals surface area contributed by atoms with Gasteiger partial charge in [0.2, 0.25) is 5.14 Å². The van der Waals surface area contributed by atoms with E-state index in [4.69, 9.17) is 0 Å². The van der Waals surface area contributed by atoms with E-state index >= 15 is 0 Å². The predicted molar refractivity (Wildman–Crippen MR) is 209 cm³/mol. The fraction of sp³-hybridized carbons (Fsp3) is 0. The molecule has 0 saturated carbocycles. The third-order valence-electron chi connectivity index (χ3n) is 9.17. The molecule has 0 aliphatic rings. The molecule has 0 atom stereocenters. The number of fused-ring (bicyclic) bond motifs is 6. The van der Waals surface area contributed by atoms with Crippen LogP contribution in [0, 0.1) is 0 Å². The maximum Gasteiger partial charge on any atom is 0.237 e. The van der Waals surface area contributed by atoms with Crippen LogP contribution in [0.1, 0.15) is 0 Å². The van der Waals surface area contributed by atoms with Gasteiger partial charge in [-0.2, -0.15) is 22.4 Å². The molecule has 5 heteroatoms. The molecule has 1 radical (unpaired) electrons. The molecule has 0 spiro atoms. The number of hydrogen-bond acceptors (Lipinski definition) is 1. The molecule has 0 unspecified atom stereocenters. The molecule has 0 aliphatic carbocycles. The number of benzene rings is 7. The number of halogens is 1. The average molecular weight is 712 g/mol. The molecule has 0 N–H and O–H groups in total. The number of para-hydroxylation sites is 4. The van der Waals surface area contributed by atoms with E-state index in [0.29, 0.717) is 0 Å². The summed E-state index contributed by atoms with van der Waals surface area (Å²) in [6.07, 6.45) is 0. The van der Waals surface area contributed by atoms with Gasteiger partial charge in [-0.05, 0) is 84.9 Å². The predicted octanol–water partition coefficient (Wildman–Crippen LogP) is 11.0. The van der Waals surface area contributed by atoms with Gasteiger partial charge in [-0.15, -0.1) is 0 Å². The Morgan fingerprint density at radius 1 is 0.362 bits per heavy atom. The van der Waals surface area contributed by atoms with E-state index in [-0.39, 0.29) is 0 Å². The van der Waals surface area contributed by atoms with Crippen LogP contribution in [-0.4, -0.2) is 14.3 Å². The van der Waals surface area contributed by atoms with Gasteiger partial charge in [-0.3, -0.25) is 0 Å². The van der Waals surface area contributed by atoms with Gasteiger partial charge in [0.15, 0.2) is 0 Å². The van der Waals surface area contributed by atoms with Crippen LogP contribution in [0.25, 0.3) is 55.0 Å². The first-order valence-electron chi connectivity index (χ1n) is 15.8. The van der Waals surface area contributed by atoms with E-state index in [1.165, 1.54) is 49.1 Å². The van der Waals surface area contributed by atoms with Crippen LogP contribution in [0.3, 0.4) is 0 Å². The Morgan fingerprint density at radius 3 is 0.979 bits per heavy atom. The van der Waals surface area contributed by atoms with Crippen molar-refractivity contribution in [2.24, 2.45) is 0 Å². The van der Waals surface area contributed by atoms with Crippen LogP contribution >= 0.6 is 22.4 Å². The van der Waals surface area contributed by atoms with Gasteiger partial charge in [-0.25, -0.2) is 0 Å². The molecule has 47 heavy (non-hydrogen) atoms. The van der Waals surface area contributed by atoms with Crippen LogP contribution < -0.4 is 10.4 Å². The van der Waals surface area contributed by atoms with Gasteiger partial charge in [-0.1, -0.05) is 90.4 Å². The minimum atomic E-state index is 1.10. The summed E-state index contributed by atoms with van der Waals surface area (Å²) in [5.41, 5.74) is 11.6. The standard InChI is InChI=1S/C42H28BIN3/c44-43-29-17-19-30(20-18-29)45(31-21-25-33(26-22-31)46-39-13-5-1-9-35(39)36-10-2-6-14-40(36)46)32-23-27-34(28-24-32)47-41-15-7-3-11-37(41)38-12-4-8-16-42(38)47/h1-28H. The Morgan fingerprint density at radius 2 is 0.660 bits per heavy atom. The van der Waals surface area contributed by atoms with E-state index in [2.05, 4.69) is 211 Å². The summed E-state index contributed by atoms with van der Waals surface area (Å²) in [5, 5.41) is 7.18. The van der Waals surface area contributed by atoms with E-state index in [0.717, 1.165) is 28.4 Å². The molecule has 9 rings (SSSR count). The third kappa shape index (κ3) is 4.64. The van der Waals surface area contributed by atoms with Crippen LogP contribution in [-0.2, 0) is 0 Å². The molecule has 0 amide bonds. The second-order valence-electron chi connectivity index (χ2n) is 11.8. The Labute approximate surface area is 287 Å². The molecule has 7 aromatic carbocycles. The molecular formula is C42H28BIN3. The Kier molecular flexibility index (Phi) is 6.86. The van der Waals surface area contributed by atoms with Crippen molar-refractivity contribution in [3.8, 4) is 11.4 Å². The van der Waals surface area contributed by atoms with Crippen molar-refractivity contribution < 1.29 is 0 Å². The van der Waals surface area contributed by atoms with Crippen molar-refractivity contribution in [3.63, 3.8) is 0 Å². The molecule has 9 aromatic rings. The van der Waals surface area contributed by atoms with E-state index in [1.807, 2.05) is 0 Å². The largest absolute Gasteiger partial charge is 0.311 e. The van der Waals surface area contributed by atoms with Crippen molar-refractivity contribution in [1.82, 2.24) is 9.13 Å². The van der Waals surface area contributed by atoms with E-state index in [9.17, 15) is 0 Å². The summed E-state index contributed by atoms with van der Waals surface area (Å²) in [5.74, 6) is 0. The molecule has 221 valence electrons. The van der Waals surface area contributed by atoms with Gasteiger partial charge in [0.25, 0.3) is 0 Å². The van der Waals surface area contributed by atoms with E-state index < -0.39 is 0 Å². The Hall–Kier alpha value is -5.27. The highest BCUT2D eigenvalue weighted by Crippen LogP contribution is 2.38. The average Bonchev–Trinajstić information content (AvgIpc) is 3.66. The lowest BCUT2D eigenvalue weighted by molar-refractivity contribution is 1.17. The van der Waals surface area contributed by atoms with Crippen molar-refractivity contribution >= 4 is 93.6 Å².